The first kappa shape index (κ1) is 29.4. The Hall–Kier alpha value is -3.10. The van der Waals surface area contributed by atoms with Crippen LogP contribution in [0.3, 0.4) is 0 Å². The molecule has 3 fully saturated rings. The van der Waals surface area contributed by atoms with E-state index in [2.05, 4.69) is 49.6 Å². The molecule has 1 atom stereocenters. The molecule has 2 aromatic rings. The number of piperidine rings is 1. The van der Waals surface area contributed by atoms with E-state index in [-0.39, 0.29) is 13.2 Å². The monoisotopic (exact) mass is 580 g/mol. The minimum Gasteiger partial charge on any atom is -0.491 e. The van der Waals surface area contributed by atoms with E-state index >= 15 is 0 Å². The Kier molecular flexibility index (Phi) is 9.50. The van der Waals surface area contributed by atoms with E-state index in [0.29, 0.717) is 57.6 Å². The Morgan fingerprint density at radius 1 is 1.22 bits per heavy atom. The predicted molar refractivity (Wildman–Crippen MR) is 162 cm³/mol. The summed E-state index contributed by atoms with van der Waals surface area (Å²) in [7, 11) is 0. The summed E-state index contributed by atoms with van der Waals surface area (Å²) < 4.78 is 5.74. The fourth-order valence-corrected chi connectivity index (χ4v) is 6.23. The van der Waals surface area contributed by atoms with Crippen molar-refractivity contribution in [3.05, 3.63) is 46.8 Å². The molecule has 5 rings (SSSR count). The van der Waals surface area contributed by atoms with Gasteiger partial charge in [-0.3, -0.25) is 9.80 Å². The standard InChI is InChI=1S/C30H41ClN8O2/c1-3-24-19-38(30-28(31)35-27(29(33)36-30)20(2)34-23-6-7-23)12-13-39(24)25-8-10-37(11-9-25)18-22-5-4-21(17-32)16-26(22)41-15-14-40/h4-5,16,23-25,34,40H,2-3,6-15,18-19H2,1H3,(H2,33,36)/t24-/m0/s1. The van der Waals surface area contributed by atoms with Crippen LogP contribution in [0, 0.1) is 11.3 Å². The number of likely N-dealkylation sites (tertiary alicyclic amines) is 1. The van der Waals surface area contributed by atoms with E-state index in [1.807, 2.05) is 12.1 Å². The maximum atomic E-state index is 9.26. The molecule has 11 heteroatoms. The Labute approximate surface area is 247 Å². The van der Waals surface area contributed by atoms with Crippen LogP contribution >= 0.6 is 11.6 Å². The van der Waals surface area contributed by atoms with E-state index < -0.39 is 0 Å². The molecule has 1 aliphatic carbocycles. The molecule has 0 bridgehead atoms. The molecule has 10 nitrogen and oxygen atoms in total. The van der Waals surface area contributed by atoms with Crippen molar-refractivity contribution < 1.29 is 9.84 Å². The van der Waals surface area contributed by atoms with E-state index in [9.17, 15) is 10.4 Å². The van der Waals surface area contributed by atoms with E-state index in [4.69, 9.17) is 22.1 Å². The Balaban J connectivity index is 1.18. The van der Waals surface area contributed by atoms with Crippen LogP contribution in [-0.4, -0.2) is 88.9 Å². The van der Waals surface area contributed by atoms with Crippen molar-refractivity contribution in [3.63, 3.8) is 0 Å². The lowest BCUT2D eigenvalue weighted by Gasteiger charge is -2.47. The van der Waals surface area contributed by atoms with Crippen molar-refractivity contribution in [3.8, 4) is 11.8 Å². The molecule has 3 heterocycles. The summed E-state index contributed by atoms with van der Waals surface area (Å²) in [6, 6.07) is 9.10. The van der Waals surface area contributed by atoms with E-state index in [0.717, 1.165) is 76.9 Å². The smallest absolute Gasteiger partial charge is 0.172 e. The number of hydrogen-bond acceptors (Lipinski definition) is 10. The van der Waals surface area contributed by atoms with Gasteiger partial charge in [-0.1, -0.05) is 31.2 Å². The third-order valence-electron chi connectivity index (χ3n) is 8.37. The second kappa shape index (κ2) is 13.3. The molecule has 2 saturated heterocycles. The molecular formula is C30H41ClN8O2. The number of nitrogens with one attached hydrogen (secondary N) is 1. The number of aliphatic hydroxyl groups is 1. The van der Waals surface area contributed by atoms with Crippen LogP contribution in [0.1, 0.15) is 55.8 Å². The topological polar surface area (TPSA) is 127 Å². The minimum atomic E-state index is -0.0570. The highest BCUT2D eigenvalue weighted by Gasteiger charge is 2.34. The zero-order chi connectivity index (χ0) is 28.9. The van der Waals surface area contributed by atoms with E-state index in [1.54, 1.807) is 6.07 Å². The number of anilines is 2. The van der Waals surface area contributed by atoms with Gasteiger partial charge in [-0.2, -0.15) is 5.26 Å². The molecular weight excluding hydrogens is 540 g/mol. The van der Waals surface area contributed by atoms with Crippen molar-refractivity contribution in [2.24, 2.45) is 0 Å². The van der Waals surface area contributed by atoms with Gasteiger partial charge in [-0.05, 0) is 57.3 Å². The maximum Gasteiger partial charge on any atom is 0.172 e. The number of nitrogen functional groups attached to an aromatic ring is 1. The number of nitriles is 1. The second-order valence-corrected chi connectivity index (χ2v) is 11.6. The average Bonchev–Trinajstić information content (AvgIpc) is 3.81. The van der Waals surface area contributed by atoms with Crippen LogP contribution in [0.25, 0.3) is 5.70 Å². The molecule has 0 radical (unpaired) electrons. The van der Waals surface area contributed by atoms with Gasteiger partial charge in [0, 0.05) is 49.9 Å². The summed E-state index contributed by atoms with van der Waals surface area (Å²) in [5, 5.41) is 22.2. The van der Waals surface area contributed by atoms with Gasteiger partial charge < -0.3 is 25.8 Å². The van der Waals surface area contributed by atoms with Crippen LogP contribution in [-0.2, 0) is 6.54 Å². The zero-order valence-corrected chi connectivity index (χ0v) is 24.6. The minimum absolute atomic E-state index is 0.0570. The van der Waals surface area contributed by atoms with Crippen LogP contribution < -0.4 is 20.7 Å². The number of nitrogens with zero attached hydrogens (tertiary/aromatic N) is 6. The zero-order valence-electron chi connectivity index (χ0n) is 23.9. The van der Waals surface area contributed by atoms with Crippen LogP contribution in [0.2, 0.25) is 5.15 Å². The summed E-state index contributed by atoms with van der Waals surface area (Å²) in [6.07, 6.45) is 5.50. The number of benzene rings is 1. The third-order valence-corrected chi connectivity index (χ3v) is 8.62. The average molecular weight is 581 g/mol. The molecule has 0 amide bonds. The molecule has 3 aliphatic rings. The lowest BCUT2D eigenvalue weighted by atomic mass is 9.97. The van der Waals surface area contributed by atoms with Crippen LogP contribution in [0.15, 0.2) is 24.8 Å². The van der Waals surface area contributed by atoms with Gasteiger partial charge >= 0.3 is 0 Å². The summed E-state index contributed by atoms with van der Waals surface area (Å²) in [4.78, 5) is 16.6. The molecule has 1 aromatic heterocycles. The highest BCUT2D eigenvalue weighted by molar-refractivity contribution is 6.31. The van der Waals surface area contributed by atoms with Gasteiger partial charge in [-0.15, -0.1) is 0 Å². The maximum absolute atomic E-state index is 9.26. The van der Waals surface area contributed by atoms with Crippen molar-refractivity contribution in [1.82, 2.24) is 25.1 Å². The normalized spacial score (nSPS) is 20.5. The number of aromatic nitrogens is 2. The first-order chi connectivity index (χ1) is 19.9. The van der Waals surface area contributed by atoms with Crippen molar-refractivity contribution in [2.45, 2.75) is 63.7 Å². The Morgan fingerprint density at radius 2 is 2.00 bits per heavy atom. The molecule has 2 aliphatic heterocycles. The first-order valence-corrected chi connectivity index (χ1v) is 15.1. The quantitative estimate of drug-likeness (QED) is 0.364. The number of aliphatic hydroxyl groups excluding tert-OH is 1. The number of rotatable bonds is 11. The summed E-state index contributed by atoms with van der Waals surface area (Å²) >= 11 is 6.65. The van der Waals surface area contributed by atoms with Crippen molar-refractivity contribution in [1.29, 1.82) is 5.26 Å². The number of ether oxygens (including phenoxy) is 1. The Morgan fingerprint density at radius 3 is 2.68 bits per heavy atom. The van der Waals surface area contributed by atoms with Gasteiger partial charge in [-0.25, -0.2) is 9.97 Å². The van der Waals surface area contributed by atoms with Gasteiger partial charge in [0.05, 0.1) is 23.9 Å². The molecule has 0 unspecified atom stereocenters. The van der Waals surface area contributed by atoms with Crippen LogP contribution in [0.5, 0.6) is 5.75 Å². The fourth-order valence-electron chi connectivity index (χ4n) is 5.98. The summed E-state index contributed by atoms with van der Waals surface area (Å²) in [6.45, 7) is 11.8. The number of nitrogens with two attached hydrogens (primary N) is 1. The molecule has 4 N–H and O–H groups in total. The predicted octanol–water partition coefficient (Wildman–Crippen LogP) is 3.24. The molecule has 1 saturated carbocycles. The molecule has 0 spiro atoms. The third kappa shape index (κ3) is 7.04. The summed E-state index contributed by atoms with van der Waals surface area (Å²) in [5.74, 6) is 1.69. The van der Waals surface area contributed by atoms with Gasteiger partial charge in [0.2, 0.25) is 0 Å². The SMILES string of the molecule is C=C(NC1CC1)c1nc(Cl)c(N2CCN(C3CCN(Cc4ccc(C#N)cc4OCCO)CC3)[C@@H](CC)C2)nc1N. The number of hydrogen-bond donors (Lipinski definition) is 3. The summed E-state index contributed by atoms with van der Waals surface area (Å²) in [5.41, 5.74) is 9.14. The van der Waals surface area contributed by atoms with Gasteiger partial charge in [0.1, 0.15) is 18.1 Å². The van der Waals surface area contributed by atoms with Crippen LogP contribution in [0.4, 0.5) is 11.6 Å². The van der Waals surface area contributed by atoms with Crippen molar-refractivity contribution >= 4 is 28.9 Å². The Bertz CT molecular complexity index is 1270. The second-order valence-electron chi connectivity index (χ2n) is 11.2. The van der Waals surface area contributed by atoms with Gasteiger partial charge in [0.15, 0.2) is 16.8 Å². The van der Waals surface area contributed by atoms with E-state index in [1.165, 1.54) is 0 Å². The number of piperazine rings is 1. The van der Waals surface area contributed by atoms with Gasteiger partial charge in [0.25, 0.3) is 0 Å². The number of halogens is 1. The molecule has 1 aromatic carbocycles. The fraction of sp³-hybridized carbons (Fsp3) is 0.567. The lowest BCUT2D eigenvalue weighted by Crippen LogP contribution is -2.58. The highest BCUT2D eigenvalue weighted by Crippen LogP contribution is 2.32. The van der Waals surface area contributed by atoms with Crippen molar-refractivity contribution in [2.75, 3.05) is 56.6 Å². The highest BCUT2D eigenvalue weighted by atomic mass is 35.5. The first-order valence-electron chi connectivity index (χ1n) is 14.7. The molecule has 41 heavy (non-hydrogen) atoms. The molecule has 220 valence electrons. The lowest BCUT2D eigenvalue weighted by molar-refractivity contribution is 0.0607. The largest absolute Gasteiger partial charge is 0.491 e.